The van der Waals surface area contributed by atoms with Crippen molar-refractivity contribution in [2.24, 2.45) is 0 Å². The lowest BCUT2D eigenvalue weighted by Crippen LogP contribution is -2.25. The van der Waals surface area contributed by atoms with Gasteiger partial charge < -0.3 is 9.88 Å². The molecule has 170 valence electrons. The maximum atomic E-state index is 14.1. The largest absolute Gasteiger partial charge is 0.325 e. The molecule has 2 aromatic heterocycles. The molecule has 0 atom stereocenters. The fraction of sp³-hybridized carbons (Fsp3) is 0.115. The molecule has 0 bridgehead atoms. The molecule has 0 aliphatic rings. The summed E-state index contributed by atoms with van der Waals surface area (Å²) in [7, 11) is 0. The molecular formula is C26H20ClFN4O2. The maximum absolute atomic E-state index is 14.1. The van der Waals surface area contributed by atoms with E-state index in [-0.39, 0.29) is 23.5 Å². The van der Waals surface area contributed by atoms with Crippen molar-refractivity contribution in [1.29, 1.82) is 0 Å². The average Bonchev–Trinajstić information content (AvgIpc) is 3.12. The zero-order chi connectivity index (χ0) is 23.8. The Bertz CT molecular complexity index is 1610. The van der Waals surface area contributed by atoms with Gasteiger partial charge in [-0.25, -0.2) is 9.37 Å². The number of fused-ring (bicyclic) bond motifs is 3. The number of hydrogen-bond acceptors (Lipinski definition) is 3. The first-order valence-electron chi connectivity index (χ1n) is 10.7. The summed E-state index contributed by atoms with van der Waals surface area (Å²) in [6.07, 6.45) is 1.46. The first-order chi connectivity index (χ1) is 16.4. The molecule has 0 aliphatic heterocycles. The van der Waals surface area contributed by atoms with Crippen LogP contribution in [0.2, 0.25) is 5.02 Å². The van der Waals surface area contributed by atoms with E-state index in [0.29, 0.717) is 33.7 Å². The lowest BCUT2D eigenvalue weighted by atomic mass is 10.2. The molecule has 0 unspecified atom stereocenters. The number of carbonyl (C=O) groups excluding carboxylic acids is 1. The third kappa shape index (κ3) is 3.95. The van der Waals surface area contributed by atoms with Crippen molar-refractivity contribution >= 4 is 45.1 Å². The number of aromatic nitrogens is 3. The molecule has 0 fully saturated rings. The van der Waals surface area contributed by atoms with Crippen molar-refractivity contribution in [3.63, 3.8) is 0 Å². The van der Waals surface area contributed by atoms with Crippen molar-refractivity contribution in [1.82, 2.24) is 14.1 Å². The Labute approximate surface area is 199 Å². The van der Waals surface area contributed by atoms with E-state index in [2.05, 4.69) is 10.3 Å². The van der Waals surface area contributed by atoms with E-state index >= 15 is 0 Å². The SMILES string of the molecule is Cc1c(Cl)cccc1NC(=O)Cn1c2ccc(F)cc2c2ncn(Cc3ccccc3)c(=O)c21. The fourth-order valence-electron chi connectivity index (χ4n) is 4.11. The number of nitrogens with zero attached hydrogens (tertiary/aromatic N) is 3. The summed E-state index contributed by atoms with van der Waals surface area (Å²) in [5, 5.41) is 3.87. The number of hydrogen-bond donors (Lipinski definition) is 1. The van der Waals surface area contributed by atoms with Crippen LogP contribution in [0.15, 0.2) is 77.9 Å². The number of nitrogens with one attached hydrogen (secondary N) is 1. The van der Waals surface area contributed by atoms with Crippen molar-refractivity contribution < 1.29 is 9.18 Å². The third-order valence-electron chi connectivity index (χ3n) is 5.83. The van der Waals surface area contributed by atoms with Crippen LogP contribution in [0, 0.1) is 12.7 Å². The van der Waals surface area contributed by atoms with Gasteiger partial charge in [0.25, 0.3) is 5.56 Å². The molecule has 2 heterocycles. The Morgan fingerprint density at radius 3 is 2.68 bits per heavy atom. The number of carbonyl (C=O) groups is 1. The van der Waals surface area contributed by atoms with Gasteiger partial charge in [0.2, 0.25) is 5.91 Å². The van der Waals surface area contributed by atoms with Gasteiger partial charge in [0, 0.05) is 16.1 Å². The van der Waals surface area contributed by atoms with Gasteiger partial charge in [0.15, 0.2) is 0 Å². The highest BCUT2D eigenvalue weighted by Gasteiger charge is 2.19. The first-order valence-corrected chi connectivity index (χ1v) is 11.1. The number of halogens is 2. The Morgan fingerprint density at radius 2 is 1.88 bits per heavy atom. The predicted octanol–water partition coefficient (Wildman–Crippen LogP) is 5.14. The highest BCUT2D eigenvalue weighted by atomic mass is 35.5. The predicted molar refractivity (Wildman–Crippen MR) is 132 cm³/mol. The second kappa shape index (κ2) is 8.76. The van der Waals surface area contributed by atoms with Gasteiger partial charge in [-0.2, -0.15) is 0 Å². The molecule has 8 heteroatoms. The van der Waals surface area contributed by atoms with Gasteiger partial charge in [0.05, 0.1) is 18.4 Å². The molecule has 0 saturated carbocycles. The molecule has 0 aliphatic carbocycles. The zero-order valence-corrected chi connectivity index (χ0v) is 19.0. The Morgan fingerprint density at radius 1 is 1.09 bits per heavy atom. The molecule has 0 radical (unpaired) electrons. The lowest BCUT2D eigenvalue weighted by molar-refractivity contribution is -0.116. The molecule has 5 rings (SSSR count). The number of benzene rings is 3. The quantitative estimate of drug-likeness (QED) is 0.383. The first kappa shape index (κ1) is 21.9. The molecule has 3 aromatic carbocycles. The van der Waals surface area contributed by atoms with E-state index in [1.54, 1.807) is 28.8 Å². The van der Waals surface area contributed by atoms with Crippen molar-refractivity contribution in [3.05, 3.63) is 105 Å². The van der Waals surface area contributed by atoms with E-state index < -0.39 is 5.82 Å². The molecule has 5 aromatic rings. The second-order valence-corrected chi connectivity index (χ2v) is 8.48. The summed E-state index contributed by atoms with van der Waals surface area (Å²) in [5.74, 6) is -0.785. The molecule has 34 heavy (non-hydrogen) atoms. The minimum Gasteiger partial charge on any atom is -0.325 e. The Hall–Kier alpha value is -3.97. The van der Waals surface area contributed by atoms with Crippen molar-refractivity contribution in [2.75, 3.05) is 5.32 Å². The van der Waals surface area contributed by atoms with E-state index in [9.17, 15) is 14.0 Å². The fourth-order valence-corrected chi connectivity index (χ4v) is 4.28. The Balaban J connectivity index is 1.61. The van der Waals surface area contributed by atoms with E-state index in [1.807, 2.05) is 37.3 Å². The van der Waals surface area contributed by atoms with Crippen LogP contribution in [0.3, 0.4) is 0 Å². The summed E-state index contributed by atoms with van der Waals surface area (Å²) in [6.45, 7) is 1.99. The van der Waals surface area contributed by atoms with Crippen molar-refractivity contribution in [3.8, 4) is 0 Å². The summed E-state index contributed by atoms with van der Waals surface area (Å²) in [5.41, 5.74) is 3.12. The number of rotatable bonds is 5. The van der Waals surface area contributed by atoms with E-state index in [1.165, 1.54) is 23.0 Å². The number of anilines is 1. The van der Waals surface area contributed by atoms with E-state index in [4.69, 9.17) is 11.6 Å². The standard InChI is InChI=1S/C26H20ClFN4O2/c1-16-20(27)8-5-9-21(16)30-23(33)14-32-22-11-10-18(28)12-19(22)24-25(32)26(34)31(15-29-24)13-17-6-3-2-4-7-17/h2-12,15H,13-14H2,1H3,(H,30,33). The van der Waals surface area contributed by atoms with Gasteiger partial charge in [-0.3, -0.25) is 14.2 Å². The van der Waals surface area contributed by atoms with Crippen LogP contribution in [-0.2, 0) is 17.9 Å². The van der Waals surface area contributed by atoms with Gasteiger partial charge in [0.1, 0.15) is 23.4 Å². The lowest BCUT2D eigenvalue weighted by Gasteiger charge is -2.12. The monoisotopic (exact) mass is 474 g/mol. The molecule has 1 amide bonds. The van der Waals surface area contributed by atoms with Crippen LogP contribution < -0.4 is 10.9 Å². The van der Waals surface area contributed by atoms with Gasteiger partial charge in [-0.1, -0.05) is 48.0 Å². The van der Waals surface area contributed by atoms with Gasteiger partial charge in [-0.15, -0.1) is 0 Å². The normalized spacial score (nSPS) is 11.3. The molecule has 0 saturated heterocycles. The summed E-state index contributed by atoms with van der Waals surface area (Å²) >= 11 is 6.17. The molecular weight excluding hydrogens is 455 g/mol. The minimum absolute atomic E-state index is 0.149. The third-order valence-corrected chi connectivity index (χ3v) is 6.24. The van der Waals surface area contributed by atoms with Crippen molar-refractivity contribution in [2.45, 2.75) is 20.0 Å². The van der Waals surface area contributed by atoms with Gasteiger partial charge in [-0.05, 0) is 48.4 Å². The van der Waals surface area contributed by atoms with Crippen LogP contribution in [0.4, 0.5) is 10.1 Å². The van der Waals surface area contributed by atoms with E-state index in [0.717, 1.165) is 11.1 Å². The number of amides is 1. The summed E-state index contributed by atoms with van der Waals surface area (Å²) in [4.78, 5) is 31.0. The van der Waals surface area contributed by atoms with Crippen LogP contribution in [0.5, 0.6) is 0 Å². The van der Waals surface area contributed by atoms with Crippen LogP contribution in [-0.4, -0.2) is 20.0 Å². The molecule has 6 nitrogen and oxygen atoms in total. The molecule has 1 N–H and O–H groups in total. The highest BCUT2D eigenvalue weighted by molar-refractivity contribution is 6.31. The van der Waals surface area contributed by atoms with Crippen LogP contribution in [0.1, 0.15) is 11.1 Å². The van der Waals surface area contributed by atoms with Crippen LogP contribution in [0.25, 0.3) is 21.9 Å². The summed E-state index contributed by atoms with van der Waals surface area (Å²) < 4.78 is 17.1. The minimum atomic E-state index is -0.444. The second-order valence-electron chi connectivity index (χ2n) is 8.07. The average molecular weight is 475 g/mol. The summed E-state index contributed by atoms with van der Waals surface area (Å²) in [6, 6.07) is 19.0. The molecule has 0 spiro atoms. The van der Waals surface area contributed by atoms with Gasteiger partial charge >= 0.3 is 0 Å². The Kier molecular flexibility index (Phi) is 5.63. The zero-order valence-electron chi connectivity index (χ0n) is 18.3. The topological polar surface area (TPSA) is 68.9 Å². The maximum Gasteiger partial charge on any atom is 0.278 e. The smallest absolute Gasteiger partial charge is 0.278 e. The highest BCUT2D eigenvalue weighted by Crippen LogP contribution is 2.27. The van der Waals surface area contributed by atoms with Crippen LogP contribution >= 0.6 is 11.6 Å².